The van der Waals surface area contributed by atoms with E-state index in [-0.39, 0.29) is 5.75 Å². The molecule has 5 rings (SSSR count). The van der Waals surface area contributed by atoms with Crippen LogP contribution in [0.5, 0.6) is 0 Å². The maximum atomic E-state index is 12.2. The average molecular weight is 458 g/mol. The van der Waals surface area contributed by atoms with Crippen molar-refractivity contribution in [1.82, 2.24) is 14.2 Å². The van der Waals surface area contributed by atoms with E-state index in [1.54, 1.807) is 11.2 Å². The number of nitrogens with zero attached hydrogens (tertiary/aromatic N) is 2. The molecule has 2 saturated heterocycles. The topological polar surface area (TPSA) is 56.4 Å². The third-order valence-corrected chi connectivity index (χ3v) is 9.73. The molecule has 1 aromatic carbocycles. The van der Waals surface area contributed by atoms with E-state index in [0.29, 0.717) is 19.0 Å². The van der Waals surface area contributed by atoms with Crippen LogP contribution in [0.4, 0.5) is 0 Å². The van der Waals surface area contributed by atoms with Gasteiger partial charge < -0.3 is 4.98 Å². The van der Waals surface area contributed by atoms with Crippen molar-refractivity contribution in [3.63, 3.8) is 0 Å². The van der Waals surface area contributed by atoms with E-state index in [0.717, 1.165) is 24.9 Å². The molecule has 0 amide bonds. The van der Waals surface area contributed by atoms with Gasteiger partial charge in [0.15, 0.2) is 0 Å². The molecule has 166 valence electrons. The number of piperidine rings is 1. The van der Waals surface area contributed by atoms with Crippen LogP contribution >= 0.6 is 11.3 Å². The fourth-order valence-corrected chi connectivity index (χ4v) is 7.13. The van der Waals surface area contributed by atoms with Crippen LogP contribution in [0.1, 0.15) is 49.0 Å². The van der Waals surface area contributed by atoms with Crippen molar-refractivity contribution in [2.24, 2.45) is 0 Å². The fraction of sp³-hybridized carbons (Fsp3) is 0.500. The van der Waals surface area contributed by atoms with Crippen LogP contribution in [0.25, 0.3) is 22.0 Å². The minimum atomic E-state index is -3.08. The fourth-order valence-electron chi connectivity index (χ4n) is 5.06. The molecule has 0 bridgehead atoms. The maximum Gasteiger partial charge on any atom is 0.213 e. The molecule has 1 N–H and O–H groups in total. The molecular formula is C24H31N3O2S2. The van der Waals surface area contributed by atoms with Gasteiger partial charge in [-0.1, -0.05) is 6.07 Å². The number of benzene rings is 1. The van der Waals surface area contributed by atoms with E-state index in [2.05, 4.69) is 45.7 Å². The summed E-state index contributed by atoms with van der Waals surface area (Å²) in [6.45, 7) is 6.49. The van der Waals surface area contributed by atoms with Gasteiger partial charge in [-0.25, -0.2) is 12.7 Å². The lowest BCUT2D eigenvalue weighted by Gasteiger charge is -2.30. The molecule has 2 fully saturated rings. The lowest BCUT2D eigenvalue weighted by atomic mass is 9.89. The Labute approximate surface area is 189 Å². The summed E-state index contributed by atoms with van der Waals surface area (Å²) in [5, 5.41) is 3.56. The third-order valence-electron chi connectivity index (χ3n) is 6.93. The Kier molecular flexibility index (Phi) is 5.94. The Bertz CT molecular complexity index is 1150. The number of likely N-dealkylation sites (tertiary alicyclic amines) is 1. The Balaban J connectivity index is 1.35. The van der Waals surface area contributed by atoms with E-state index < -0.39 is 10.0 Å². The second kappa shape index (κ2) is 8.70. The molecular weight excluding hydrogens is 426 g/mol. The van der Waals surface area contributed by atoms with Crippen molar-refractivity contribution < 1.29 is 8.42 Å². The van der Waals surface area contributed by atoms with Crippen molar-refractivity contribution in [1.29, 1.82) is 0 Å². The number of sulfonamides is 1. The highest BCUT2D eigenvalue weighted by atomic mass is 32.2. The minimum absolute atomic E-state index is 0.189. The van der Waals surface area contributed by atoms with Crippen LogP contribution in [0.3, 0.4) is 0 Å². The first-order valence-corrected chi connectivity index (χ1v) is 13.9. The Hall–Kier alpha value is -1.67. The molecule has 7 heteroatoms. The van der Waals surface area contributed by atoms with Crippen molar-refractivity contribution in [3.8, 4) is 11.1 Å². The van der Waals surface area contributed by atoms with E-state index in [9.17, 15) is 8.42 Å². The van der Waals surface area contributed by atoms with Crippen LogP contribution in [0.15, 0.2) is 35.8 Å². The number of hydrogen-bond donors (Lipinski definition) is 1. The normalized spacial score (nSPS) is 19.5. The first kappa shape index (κ1) is 21.2. The predicted octanol–water partition coefficient (Wildman–Crippen LogP) is 5.02. The molecule has 4 heterocycles. The summed E-state index contributed by atoms with van der Waals surface area (Å²) in [6, 6.07) is 9.06. The van der Waals surface area contributed by atoms with Crippen molar-refractivity contribution in [2.45, 2.75) is 45.1 Å². The Morgan fingerprint density at radius 2 is 1.84 bits per heavy atom. The molecule has 2 aliphatic heterocycles. The minimum Gasteiger partial charge on any atom is -0.361 e. The maximum absolute atomic E-state index is 12.2. The molecule has 0 aliphatic carbocycles. The van der Waals surface area contributed by atoms with Crippen molar-refractivity contribution in [3.05, 3.63) is 46.3 Å². The van der Waals surface area contributed by atoms with Crippen LogP contribution in [-0.2, 0) is 16.6 Å². The molecule has 2 aliphatic rings. The third kappa shape index (κ3) is 4.33. The standard InChI is InChI=1S/C24H31N3O2S2/c1-2-31(28,29)27-11-7-18(8-12-27)23-15-25-24-6-5-19(14-22(23)24)20-13-21(30-17-20)16-26-9-3-4-10-26/h5-6,13-15,17-18,25H,2-4,7-12,16H2,1H3. The summed E-state index contributed by atoms with van der Waals surface area (Å²) in [6.07, 6.45) is 6.56. The van der Waals surface area contributed by atoms with E-state index in [1.165, 1.54) is 52.9 Å². The van der Waals surface area contributed by atoms with Gasteiger partial charge in [-0.05, 0) is 91.9 Å². The van der Waals surface area contributed by atoms with E-state index in [1.807, 2.05) is 11.3 Å². The van der Waals surface area contributed by atoms with E-state index >= 15 is 0 Å². The molecule has 0 unspecified atom stereocenters. The van der Waals surface area contributed by atoms with Gasteiger partial charge in [0.25, 0.3) is 0 Å². The van der Waals surface area contributed by atoms with Crippen molar-refractivity contribution >= 4 is 32.3 Å². The number of thiophene rings is 1. The van der Waals surface area contributed by atoms with Crippen molar-refractivity contribution in [2.75, 3.05) is 31.9 Å². The molecule has 0 radical (unpaired) electrons. The van der Waals surface area contributed by atoms with Gasteiger partial charge >= 0.3 is 0 Å². The van der Waals surface area contributed by atoms with Crippen LogP contribution in [0, 0.1) is 0 Å². The largest absolute Gasteiger partial charge is 0.361 e. The van der Waals surface area contributed by atoms with E-state index in [4.69, 9.17) is 0 Å². The average Bonchev–Trinajstić information content (AvgIpc) is 3.55. The highest BCUT2D eigenvalue weighted by molar-refractivity contribution is 7.89. The zero-order chi connectivity index (χ0) is 21.4. The molecule has 5 nitrogen and oxygen atoms in total. The zero-order valence-corrected chi connectivity index (χ0v) is 19.8. The lowest BCUT2D eigenvalue weighted by Crippen LogP contribution is -2.38. The summed E-state index contributed by atoms with van der Waals surface area (Å²) in [5.74, 6) is 0.592. The SMILES string of the molecule is CCS(=O)(=O)N1CCC(c2c[nH]c3ccc(-c4csc(CN5CCCC5)c4)cc23)CC1. The summed E-state index contributed by atoms with van der Waals surface area (Å²) in [7, 11) is -3.08. The predicted molar refractivity (Wildman–Crippen MR) is 129 cm³/mol. The second-order valence-corrected chi connectivity index (χ2v) is 12.1. The number of aromatic nitrogens is 1. The number of H-pyrrole nitrogens is 1. The van der Waals surface area contributed by atoms with Gasteiger partial charge in [-0.15, -0.1) is 11.3 Å². The monoisotopic (exact) mass is 457 g/mol. The molecule has 0 spiro atoms. The summed E-state index contributed by atoms with van der Waals surface area (Å²) >= 11 is 1.86. The van der Waals surface area contributed by atoms with Crippen LogP contribution in [-0.4, -0.2) is 54.5 Å². The van der Waals surface area contributed by atoms with Gasteiger partial charge in [-0.2, -0.15) is 0 Å². The molecule has 3 aromatic rings. The quantitative estimate of drug-likeness (QED) is 0.565. The zero-order valence-electron chi connectivity index (χ0n) is 18.1. The van der Waals surface area contributed by atoms with Gasteiger partial charge in [0, 0.05) is 41.6 Å². The van der Waals surface area contributed by atoms with Crippen LogP contribution < -0.4 is 0 Å². The molecule has 0 atom stereocenters. The number of hydrogen-bond acceptors (Lipinski definition) is 4. The van der Waals surface area contributed by atoms with Gasteiger partial charge in [0.05, 0.1) is 5.75 Å². The lowest BCUT2D eigenvalue weighted by molar-refractivity contribution is 0.321. The Morgan fingerprint density at radius 3 is 2.58 bits per heavy atom. The summed E-state index contributed by atoms with van der Waals surface area (Å²) < 4.78 is 26.0. The van der Waals surface area contributed by atoms with Gasteiger partial charge in [0.1, 0.15) is 0 Å². The highest BCUT2D eigenvalue weighted by Crippen LogP contribution is 2.36. The molecule has 31 heavy (non-hydrogen) atoms. The number of nitrogens with one attached hydrogen (secondary N) is 1. The number of aromatic amines is 1. The Morgan fingerprint density at radius 1 is 1.06 bits per heavy atom. The summed E-state index contributed by atoms with van der Waals surface area (Å²) in [4.78, 5) is 7.42. The van der Waals surface area contributed by atoms with Gasteiger partial charge in [-0.3, -0.25) is 4.90 Å². The summed E-state index contributed by atoms with van der Waals surface area (Å²) in [5.41, 5.74) is 5.06. The highest BCUT2D eigenvalue weighted by Gasteiger charge is 2.28. The number of rotatable bonds is 6. The van der Waals surface area contributed by atoms with Crippen LogP contribution in [0.2, 0.25) is 0 Å². The molecule has 2 aromatic heterocycles. The first-order chi connectivity index (χ1) is 15.0. The smallest absolute Gasteiger partial charge is 0.213 e. The van der Waals surface area contributed by atoms with Gasteiger partial charge in [0.2, 0.25) is 10.0 Å². The first-order valence-electron chi connectivity index (χ1n) is 11.4. The second-order valence-electron chi connectivity index (χ2n) is 8.86. The number of fused-ring (bicyclic) bond motifs is 1. The molecule has 0 saturated carbocycles.